The molecule has 2 aromatic rings. The normalized spacial score (nSPS) is 25.6. The van der Waals surface area contributed by atoms with Crippen LogP contribution in [0, 0.1) is 5.92 Å². The molecule has 1 N–H and O–H groups in total. The van der Waals surface area contributed by atoms with E-state index < -0.39 is 0 Å². The van der Waals surface area contributed by atoms with E-state index in [-0.39, 0.29) is 17.8 Å². The maximum atomic E-state index is 12.4. The third kappa shape index (κ3) is 3.31. The number of fused-ring (bicyclic) bond motifs is 3. The summed E-state index contributed by atoms with van der Waals surface area (Å²) < 4.78 is 5.59. The first-order valence-electron chi connectivity index (χ1n) is 8.10. The minimum atomic E-state index is -0.236. The Balaban J connectivity index is 1.41. The van der Waals surface area contributed by atoms with E-state index in [1.165, 1.54) is 11.8 Å². The number of halogens is 1. The van der Waals surface area contributed by atoms with Gasteiger partial charge in [-0.15, -0.1) is 0 Å². The van der Waals surface area contributed by atoms with E-state index in [1.807, 2.05) is 24.3 Å². The molecule has 3 fully saturated rings. The predicted octanol–water partition coefficient (Wildman–Crippen LogP) is 3.30. The highest BCUT2D eigenvalue weighted by molar-refractivity contribution is 7.99. The molecule has 0 aliphatic carbocycles. The number of amides is 1. The molecule has 126 valence electrons. The Morgan fingerprint density at radius 3 is 2.83 bits per heavy atom. The molecular weight excluding hydrogens is 346 g/mol. The number of oxazole rings is 1. The van der Waals surface area contributed by atoms with Gasteiger partial charge in [0.25, 0.3) is 5.89 Å². The van der Waals surface area contributed by atoms with Gasteiger partial charge in [-0.2, -0.15) is 0 Å². The Bertz CT molecular complexity index is 743. The lowest BCUT2D eigenvalue weighted by Crippen LogP contribution is -2.57. The van der Waals surface area contributed by atoms with Crippen molar-refractivity contribution in [1.82, 2.24) is 15.2 Å². The zero-order valence-corrected chi connectivity index (χ0v) is 14.6. The van der Waals surface area contributed by atoms with Gasteiger partial charge in [0, 0.05) is 17.5 Å². The van der Waals surface area contributed by atoms with Gasteiger partial charge in [-0.05, 0) is 55.7 Å². The summed E-state index contributed by atoms with van der Waals surface area (Å²) in [4.78, 5) is 19.8. The Kier molecular flexibility index (Phi) is 4.52. The Labute approximate surface area is 149 Å². The molecule has 1 amide bonds. The van der Waals surface area contributed by atoms with Crippen LogP contribution in [0.15, 0.2) is 44.9 Å². The number of aromatic nitrogens is 1. The van der Waals surface area contributed by atoms with Gasteiger partial charge < -0.3 is 14.6 Å². The molecule has 0 unspecified atom stereocenters. The van der Waals surface area contributed by atoms with E-state index in [4.69, 9.17) is 16.0 Å². The summed E-state index contributed by atoms with van der Waals surface area (Å²) in [5.74, 6) is 0.451. The minimum Gasteiger partial charge on any atom is -0.425 e. The summed E-state index contributed by atoms with van der Waals surface area (Å²) in [7, 11) is 0. The molecule has 24 heavy (non-hydrogen) atoms. The van der Waals surface area contributed by atoms with Crippen LogP contribution in [-0.2, 0) is 0 Å². The van der Waals surface area contributed by atoms with E-state index >= 15 is 0 Å². The lowest BCUT2D eigenvalue weighted by molar-refractivity contribution is 0.0599. The highest BCUT2D eigenvalue weighted by Crippen LogP contribution is 2.33. The van der Waals surface area contributed by atoms with Crippen molar-refractivity contribution in [2.24, 2.45) is 5.92 Å². The van der Waals surface area contributed by atoms with Gasteiger partial charge in [0.1, 0.15) is 0 Å². The minimum absolute atomic E-state index is 0.112. The molecule has 3 aliphatic heterocycles. The third-order valence-electron chi connectivity index (χ3n) is 4.70. The molecule has 5 rings (SSSR count). The van der Waals surface area contributed by atoms with E-state index in [0.717, 1.165) is 37.4 Å². The van der Waals surface area contributed by atoms with Crippen molar-refractivity contribution in [3.05, 3.63) is 41.4 Å². The van der Waals surface area contributed by atoms with Crippen LogP contribution in [0.5, 0.6) is 0 Å². The van der Waals surface area contributed by atoms with Crippen LogP contribution in [0.2, 0.25) is 5.02 Å². The van der Waals surface area contributed by atoms with Crippen LogP contribution < -0.4 is 5.32 Å². The number of carbonyl (C=O) groups excluding carboxylic acids is 1. The molecule has 0 saturated carbocycles. The SMILES string of the molecule is O=C(N[C@H]1CN2CCC1CC2)c1ncc(Sc2ccccc2Cl)o1. The molecule has 0 radical (unpaired) electrons. The van der Waals surface area contributed by atoms with E-state index in [9.17, 15) is 4.79 Å². The number of hydrogen-bond donors (Lipinski definition) is 1. The number of piperidine rings is 3. The van der Waals surface area contributed by atoms with Crippen LogP contribution >= 0.6 is 23.4 Å². The molecule has 0 spiro atoms. The third-order valence-corrected chi connectivity index (χ3v) is 6.11. The standard InChI is InChI=1S/C17H18ClN3O2S/c18-12-3-1-2-4-14(12)24-15-9-19-17(23-15)16(22)20-13-10-21-7-5-11(13)6-8-21/h1-4,9,11,13H,5-8,10H2,(H,20,22)/t13-/m0/s1. The largest absolute Gasteiger partial charge is 0.425 e. The van der Waals surface area contributed by atoms with Gasteiger partial charge in [-0.3, -0.25) is 4.79 Å². The van der Waals surface area contributed by atoms with Crippen molar-refractivity contribution in [3.63, 3.8) is 0 Å². The van der Waals surface area contributed by atoms with Crippen molar-refractivity contribution in [1.29, 1.82) is 0 Å². The number of nitrogens with zero attached hydrogens (tertiary/aromatic N) is 2. The van der Waals surface area contributed by atoms with Crippen molar-refractivity contribution < 1.29 is 9.21 Å². The van der Waals surface area contributed by atoms with E-state index in [2.05, 4.69) is 15.2 Å². The second-order valence-corrected chi connectivity index (χ2v) is 7.69. The summed E-state index contributed by atoms with van der Waals surface area (Å²) >= 11 is 7.50. The van der Waals surface area contributed by atoms with Gasteiger partial charge in [-0.25, -0.2) is 4.98 Å². The maximum Gasteiger partial charge on any atom is 0.307 e. The van der Waals surface area contributed by atoms with Crippen molar-refractivity contribution in [2.45, 2.75) is 28.9 Å². The molecule has 5 nitrogen and oxygen atoms in total. The summed E-state index contributed by atoms with van der Waals surface area (Å²) in [6.07, 6.45) is 3.88. The van der Waals surface area contributed by atoms with Crippen molar-refractivity contribution in [3.8, 4) is 0 Å². The number of nitrogens with one attached hydrogen (secondary N) is 1. The smallest absolute Gasteiger partial charge is 0.307 e. The molecular formula is C17H18ClN3O2S. The van der Waals surface area contributed by atoms with Crippen LogP contribution in [0.25, 0.3) is 0 Å². The lowest BCUT2D eigenvalue weighted by Gasteiger charge is -2.44. The fourth-order valence-corrected chi connectivity index (χ4v) is 4.41. The van der Waals surface area contributed by atoms with E-state index in [1.54, 1.807) is 6.20 Å². The number of benzene rings is 1. The number of hydrogen-bond acceptors (Lipinski definition) is 5. The Morgan fingerprint density at radius 1 is 1.33 bits per heavy atom. The quantitative estimate of drug-likeness (QED) is 0.903. The molecule has 1 atom stereocenters. The first-order chi connectivity index (χ1) is 11.7. The summed E-state index contributed by atoms with van der Waals surface area (Å²) in [6.45, 7) is 3.22. The average Bonchev–Trinajstić information content (AvgIpc) is 3.07. The Morgan fingerprint density at radius 2 is 2.12 bits per heavy atom. The lowest BCUT2D eigenvalue weighted by atomic mass is 9.84. The zero-order chi connectivity index (χ0) is 16.5. The van der Waals surface area contributed by atoms with Crippen molar-refractivity contribution >= 4 is 29.3 Å². The second-order valence-electron chi connectivity index (χ2n) is 6.23. The van der Waals surface area contributed by atoms with Gasteiger partial charge >= 0.3 is 5.91 Å². The summed E-state index contributed by atoms with van der Waals surface area (Å²) in [5.41, 5.74) is 0. The molecule has 7 heteroatoms. The predicted molar refractivity (Wildman–Crippen MR) is 92.5 cm³/mol. The summed E-state index contributed by atoms with van der Waals surface area (Å²) in [5, 5.41) is 4.29. The van der Waals surface area contributed by atoms with Gasteiger partial charge in [-0.1, -0.05) is 23.7 Å². The van der Waals surface area contributed by atoms with E-state index in [0.29, 0.717) is 16.0 Å². The monoisotopic (exact) mass is 363 g/mol. The van der Waals surface area contributed by atoms with Crippen LogP contribution in [0.3, 0.4) is 0 Å². The highest BCUT2D eigenvalue weighted by Gasteiger charge is 2.35. The van der Waals surface area contributed by atoms with Gasteiger partial charge in [0.05, 0.1) is 11.2 Å². The van der Waals surface area contributed by atoms with Gasteiger partial charge in [0.15, 0.2) is 5.09 Å². The average molecular weight is 364 g/mol. The van der Waals surface area contributed by atoms with Crippen LogP contribution in [-0.4, -0.2) is 41.5 Å². The molecule has 2 bridgehead atoms. The molecule has 1 aromatic carbocycles. The van der Waals surface area contributed by atoms with Crippen molar-refractivity contribution in [2.75, 3.05) is 19.6 Å². The fraction of sp³-hybridized carbons (Fsp3) is 0.412. The number of carbonyl (C=O) groups is 1. The zero-order valence-electron chi connectivity index (χ0n) is 13.1. The molecule has 3 aliphatic rings. The first-order valence-corrected chi connectivity index (χ1v) is 9.30. The second kappa shape index (κ2) is 6.78. The highest BCUT2D eigenvalue weighted by atomic mass is 35.5. The molecule has 4 heterocycles. The Hall–Kier alpha value is -1.50. The maximum absolute atomic E-state index is 12.4. The number of rotatable bonds is 4. The fourth-order valence-electron chi connectivity index (χ4n) is 3.41. The first kappa shape index (κ1) is 16.0. The van der Waals surface area contributed by atoms with Gasteiger partial charge in [0.2, 0.25) is 0 Å². The summed E-state index contributed by atoms with van der Waals surface area (Å²) in [6, 6.07) is 7.71. The van der Waals surface area contributed by atoms with Crippen LogP contribution in [0.4, 0.5) is 0 Å². The topological polar surface area (TPSA) is 58.4 Å². The molecule has 1 aromatic heterocycles. The van der Waals surface area contributed by atoms with Crippen LogP contribution in [0.1, 0.15) is 23.5 Å². The molecule has 3 saturated heterocycles.